The van der Waals surface area contributed by atoms with Crippen molar-refractivity contribution in [2.45, 2.75) is 45.2 Å². The Kier molecular flexibility index (Phi) is 4.77. The van der Waals surface area contributed by atoms with E-state index in [-0.39, 0.29) is 17.9 Å². The quantitative estimate of drug-likeness (QED) is 0.647. The summed E-state index contributed by atoms with van der Waals surface area (Å²) < 4.78 is 1.71. The summed E-state index contributed by atoms with van der Waals surface area (Å²) in [6, 6.07) is 7.47. The van der Waals surface area contributed by atoms with E-state index in [2.05, 4.69) is 36.2 Å². The van der Waals surface area contributed by atoms with Crippen LogP contribution in [0.5, 0.6) is 0 Å². The summed E-state index contributed by atoms with van der Waals surface area (Å²) in [6.45, 7) is 8.31. The van der Waals surface area contributed by atoms with Gasteiger partial charge in [-0.2, -0.15) is 5.10 Å². The second-order valence-corrected chi connectivity index (χ2v) is 9.68. The van der Waals surface area contributed by atoms with Gasteiger partial charge in [0.1, 0.15) is 10.5 Å². The molecule has 1 fully saturated rings. The lowest BCUT2D eigenvalue weighted by molar-refractivity contribution is -0.131. The summed E-state index contributed by atoms with van der Waals surface area (Å²) in [6.07, 6.45) is 3.63. The SMILES string of the molecule is Cn1cc(-c2nc(CN3C(=O)NC(C)(c4ccc(C(C)(C)C)cc4)C3=O)cs2)cn1. The van der Waals surface area contributed by atoms with Crippen molar-refractivity contribution < 1.29 is 9.59 Å². The van der Waals surface area contributed by atoms with E-state index in [1.54, 1.807) is 17.8 Å². The summed E-state index contributed by atoms with van der Waals surface area (Å²) in [5.41, 5.74) is 2.46. The van der Waals surface area contributed by atoms with Crippen LogP contribution in [0, 0.1) is 0 Å². The molecule has 7 nitrogen and oxygen atoms in total. The van der Waals surface area contributed by atoms with Crippen molar-refractivity contribution in [2.75, 3.05) is 0 Å². The van der Waals surface area contributed by atoms with Crippen LogP contribution in [0.25, 0.3) is 10.6 Å². The Labute approximate surface area is 179 Å². The van der Waals surface area contributed by atoms with Crippen molar-refractivity contribution in [3.8, 4) is 10.6 Å². The molecule has 3 heterocycles. The maximum absolute atomic E-state index is 13.2. The zero-order valence-corrected chi connectivity index (χ0v) is 18.6. The van der Waals surface area contributed by atoms with Crippen LogP contribution in [-0.4, -0.2) is 31.6 Å². The Morgan fingerprint density at radius 1 is 1.17 bits per heavy atom. The van der Waals surface area contributed by atoms with Gasteiger partial charge in [0.2, 0.25) is 0 Å². The van der Waals surface area contributed by atoms with Crippen molar-refractivity contribution in [3.63, 3.8) is 0 Å². The highest BCUT2D eigenvalue weighted by atomic mass is 32.1. The number of nitrogens with zero attached hydrogens (tertiary/aromatic N) is 4. The van der Waals surface area contributed by atoms with Crippen LogP contribution in [0.4, 0.5) is 4.79 Å². The van der Waals surface area contributed by atoms with Crippen molar-refractivity contribution in [1.29, 1.82) is 0 Å². The van der Waals surface area contributed by atoms with Gasteiger partial charge in [0.15, 0.2) is 0 Å². The van der Waals surface area contributed by atoms with Gasteiger partial charge in [-0.05, 0) is 23.5 Å². The molecule has 1 unspecified atom stereocenters. The number of hydrogen-bond donors (Lipinski definition) is 1. The molecule has 0 spiro atoms. The highest BCUT2D eigenvalue weighted by molar-refractivity contribution is 7.13. The summed E-state index contributed by atoms with van der Waals surface area (Å²) in [5, 5.41) is 9.71. The molecule has 4 rings (SSSR count). The number of thiazole rings is 1. The standard InChI is InChI=1S/C22H25N5O2S/c1-21(2,3)15-6-8-16(9-7-15)22(4)19(28)27(20(29)25-22)12-17-13-30-18(24-17)14-10-23-26(5)11-14/h6-11,13H,12H2,1-5H3,(H,25,29). The van der Waals surface area contributed by atoms with E-state index in [9.17, 15) is 9.59 Å². The topological polar surface area (TPSA) is 80.1 Å². The maximum Gasteiger partial charge on any atom is 0.325 e. The molecule has 2 aromatic heterocycles. The molecule has 1 saturated heterocycles. The number of aryl methyl sites for hydroxylation is 1. The molecule has 3 aromatic rings. The fraction of sp³-hybridized carbons (Fsp3) is 0.364. The zero-order valence-electron chi connectivity index (χ0n) is 17.8. The third kappa shape index (κ3) is 3.52. The van der Waals surface area contributed by atoms with Gasteiger partial charge in [0.05, 0.1) is 18.4 Å². The molecule has 1 aliphatic heterocycles. The average Bonchev–Trinajstić information content (AvgIpc) is 3.37. The highest BCUT2D eigenvalue weighted by Gasteiger charge is 2.49. The minimum atomic E-state index is -1.09. The number of amides is 3. The Morgan fingerprint density at radius 2 is 1.87 bits per heavy atom. The number of carbonyl (C=O) groups excluding carboxylic acids is 2. The lowest BCUT2D eigenvalue weighted by atomic mass is 9.84. The largest absolute Gasteiger partial charge is 0.325 e. The van der Waals surface area contributed by atoms with Gasteiger partial charge in [0, 0.05) is 24.2 Å². The van der Waals surface area contributed by atoms with Crippen molar-refractivity contribution >= 4 is 23.3 Å². The molecule has 1 N–H and O–H groups in total. The summed E-state index contributed by atoms with van der Waals surface area (Å²) in [7, 11) is 1.85. The average molecular weight is 424 g/mol. The Bertz CT molecular complexity index is 1110. The number of imide groups is 1. The van der Waals surface area contributed by atoms with Crippen molar-refractivity contribution in [3.05, 3.63) is 58.9 Å². The lowest BCUT2D eigenvalue weighted by Gasteiger charge is -2.24. The van der Waals surface area contributed by atoms with Crippen molar-refractivity contribution in [1.82, 2.24) is 25.0 Å². The molecule has 0 aliphatic carbocycles. The predicted octanol–water partition coefficient (Wildman–Crippen LogP) is 3.81. The first-order valence-electron chi connectivity index (χ1n) is 9.76. The summed E-state index contributed by atoms with van der Waals surface area (Å²) in [5.74, 6) is -0.271. The van der Waals surface area contributed by atoms with Crippen LogP contribution in [0.15, 0.2) is 42.0 Å². The molecular formula is C22H25N5O2S. The number of benzene rings is 1. The summed E-state index contributed by atoms with van der Waals surface area (Å²) in [4.78, 5) is 31.7. The van der Waals surface area contributed by atoms with Crippen LogP contribution in [0.2, 0.25) is 0 Å². The van der Waals surface area contributed by atoms with Gasteiger partial charge < -0.3 is 5.32 Å². The molecule has 156 valence electrons. The first kappa shape index (κ1) is 20.3. The van der Waals surface area contributed by atoms with E-state index < -0.39 is 11.6 Å². The third-order valence-electron chi connectivity index (χ3n) is 5.43. The summed E-state index contributed by atoms with van der Waals surface area (Å²) >= 11 is 1.47. The fourth-order valence-electron chi connectivity index (χ4n) is 3.55. The number of rotatable bonds is 4. The predicted molar refractivity (Wildman–Crippen MR) is 116 cm³/mol. The van der Waals surface area contributed by atoms with E-state index in [1.165, 1.54) is 21.8 Å². The molecule has 1 aliphatic rings. The van der Waals surface area contributed by atoms with E-state index in [0.717, 1.165) is 16.1 Å². The van der Waals surface area contributed by atoms with Gasteiger partial charge in [0.25, 0.3) is 5.91 Å². The lowest BCUT2D eigenvalue weighted by Crippen LogP contribution is -2.40. The molecule has 0 bridgehead atoms. The molecule has 1 aromatic carbocycles. The van der Waals surface area contributed by atoms with Crippen LogP contribution in [0.3, 0.4) is 0 Å². The normalized spacial score (nSPS) is 19.4. The number of urea groups is 1. The fourth-order valence-corrected chi connectivity index (χ4v) is 4.33. The molecule has 0 radical (unpaired) electrons. The van der Waals surface area contributed by atoms with Crippen LogP contribution in [-0.2, 0) is 29.3 Å². The Morgan fingerprint density at radius 3 is 2.47 bits per heavy atom. The second-order valence-electron chi connectivity index (χ2n) is 8.82. The minimum Gasteiger partial charge on any atom is -0.319 e. The molecule has 8 heteroatoms. The third-order valence-corrected chi connectivity index (χ3v) is 6.37. The van der Waals surface area contributed by atoms with Crippen LogP contribution < -0.4 is 5.32 Å². The van der Waals surface area contributed by atoms with E-state index in [4.69, 9.17) is 0 Å². The first-order chi connectivity index (χ1) is 14.1. The second kappa shape index (κ2) is 7.05. The molecule has 0 saturated carbocycles. The monoisotopic (exact) mass is 423 g/mol. The first-order valence-corrected chi connectivity index (χ1v) is 10.6. The molecule has 1 atom stereocenters. The van der Waals surface area contributed by atoms with Gasteiger partial charge in [-0.15, -0.1) is 11.3 Å². The van der Waals surface area contributed by atoms with Crippen LogP contribution in [0.1, 0.15) is 44.5 Å². The van der Waals surface area contributed by atoms with Gasteiger partial charge in [-0.1, -0.05) is 45.0 Å². The Balaban J connectivity index is 1.55. The minimum absolute atomic E-state index is 0.0189. The Hall–Kier alpha value is -3.00. The number of carbonyl (C=O) groups is 2. The number of aromatic nitrogens is 3. The van der Waals surface area contributed by atoms with Gasteiger partial charge >= 0.3 is 6.03 Å². The van der Waals surface area contributed by atoms with E-state index >= 15 is 0 Å². The molecule has 3 amide bonds. The van der Waals surface area contributed by atoms with Gasteiger partial charge in [-0.3, -0.25) is 14.4 Å². The van der Waals surface area contributed by atoms with Crippen molar-refractivity contribution in [2.24, 2.45) is 7.05 Å². The molecule has 30 heavy (non-hydrogen) atoms. The zero-order chi connectivity index (χ0) is 21.7. The van der Waals surface area contributed by atoms with E-state index in [1.807, 2.05) is 42.9 Å². The highest BCUT2D eigenvalue weighted by Crippen LogP contribution is 2.32. The number of nitrogens with one attached hydrogen (secondary N) is 1. The van der Waals surface area contributed by atoms with Crippen LogP contribution >= 0.6 is 11.3 Å². The van der Waals surface area contributed by atoms with Gasteiger partial charge in [-0.25, -0.2) is 9.78 Å². The smallest absolute Gasteiger partial charge is 0.319 e. The molecular weight excluding hydrogens is 398 g/mol. The van der Waals surface area contributed by atoms with E-state index in [0.29, 0.717) is 5.69 Å². The number of hydrogen-bond acceptors (Lipinski definition) is 5. The maximum atomic E-state index is 13.2.